The van der Waals surface area contributed by atoms with Gasteiger partial charge in [-0.1, -0.05) is 32.1 Å². The van der Waals surface area contributed by atoms with E-state index in [0.717, 1.165) is 25.7 Å². The zero-order valence-electron chi connectivity index (χ0n) is 8.13. The molecule has 12 heavy (non-hydrogen) atoms. The van der Waals surface area contributed by atoms with Crippen LogP contribution in [0.3, 0.4) is 0 Å². The minimum absolute atomic E-state index is 0.137. The number of rotatable bonds is 8. The summed E-state index contributed by atoms with van der Waals surface area (Å²) in [6, 6.07) is 0. The highest BCUT2D eigenvalue weighted by atomic mass is 16.3. The van der Waals surface area contributed by atoms with Gasteiger partial charge in [-0.25, -0.2) is 0 Å². The SMILES string of the molecule is C[C@H](O)CCCCCCCCO. The Morgan fingerprint density at radius 3 is 1.92 bits per heavy atom. The number of aliphatic hydroxyl groups is 2. The molecule has 0 unspecified atom stereocenters. The van der Waals surface area contributed by atoms with Gasteiger partial charge >= 0.3 is 0 Å². The number of unbranched alkanes of at least 4 members (excludes halogenated alkanes) is 5. The van der Waals surface area contributed by atoms with Gasteiger partial charge in [-0.3, -0.25) is 0 Å². The summed E-state index contributed by atoms with van der Waals surface area (Å²) in [4.78, 5) is 0. The lowest BCUT2D eigenvalue weighted by Crippen LogP contribution is -1.98. The van der Waals surface area contributed by atoms with Crippen molar-refractivity contribution in [2.45, 2.75) is 58.0 Å². The maximum absolute atomic E-state index is 8.96. The first-order chi connectivity index (χ1) is 5.77. The third-order valence-corrected chi connectivity index (χ3v) is 2.03. The van der Waals surface area contributed by atoms with Gasteiger partial charge in [0.2, 0.25) is 0 Å². The first kappa shape index (κ1) is 11.9. The molecule has 0 spiro atoms. The van der Waals surface area contributed by atoms with E-state index in [4.69, 9.17) is 10.2 Å². The quantitative estimate of drug-likeness (QED) is 0.553. The Hall–Kier alpha value is -0.0800. The Bertz CT molecular complexity index is 81.9. The molecule has 0 aliphatic heterocycles. The molecule has 2 nitrogen and oxygen atoms in total. The molecule has 0 aromatic heterocycles. The van der Waals surface area contributed by atoms with Crippen molar-refractivity contribution in [3.63, 3.8) is 0 Å². The van der Waals surface area contributed by atoms with Gasteiger partial charge in [0.25, 0.3) is 0 Å². The third-order valence-electron chi connectivity index (χ3n) is 2.03. The fourth-order valence-corrected chi connectivity index (χ4v) is 1.26. The first-order valence-electron chi connectivity index (χ1n) is 5.06. The van der Waals surface area contributed by atoms with Crippen molar-refractivity contribution < 1.29 is 10.2 Å². The molecule has 2 heteroatoms. The average Bonchev–Trinajstić information content (AvgIpc) is 2.02. The smallest absolute Gasteiger partial charge is 0.0512 e. The van der Waals surface area contributed by atoms with Crippen LogP contribution in [0.1, 0.15) is 51.9 Å². The van der Waals surface area contributed by atoms with Crippen LogP contribution in [-0.2, 0) is 0 Å². The molecular weight excluding hydrogens is 152 g/mol. The largest absolute Gasteiger partial charge is 0.396 e. The molecule has 0 aliphatic carbocycles. The molecule has 0 aliphatic rings. The Morgan fingerprint density at radius 1 is 0.917 bits per heavy atom. The summed E-state index contributed by atoms with van der Waals surface area (Å²) < 4.78 is 0. The van der Waals surface area contributed by atoms with Crippen LogP contribution in [0.25, 0.3) is 0 Å². The zero-order valence-corrected chi connectivity index (χ0v) is 8.13. The zero-order chi connectivity index (χ0) is 9.23. The molecule has 1 atom stereocenters. The van der Waals surface area contributed by atoms with E-state index in [1.54, 1.807) is 0 Å². The molecule has 0 heterocycles. The Balaban J connectivity index is 2.82. The van der Waals surface area contributed by atoms with Gasteiger partial charge in [0.15, 0.2) is 0 Å². The molecule has 74 valence electrons. The van der Waals surface area contributed by atoms with Gasteiger partial charge in [0, 0.05) is 6.61 Å². The Kier molecular flexibility index (Phi) is 8.95. The fraction of sp³-hybridized carbons (Fsp3) is 1.00. The van der Waals surface area contributed by atoms with E-state index in [1.165, 1.54) is 19.3 Å². The highest BCUT2D eigenvalue weighted by Crippen LogP contribution is 2.08. The second-order valence-electron chi connectivity index (χ2n) is 3.48. The summed E-state index contributed by atoms with van der Waals surface area (Å²) in [5.74, 6) is 0. The van der Waals surface area contributed by atoms with Crippen molar-refractivity contribution >= 4 is 0 Å². The highest BCUT2D eigenvalue weighted by molar-refractivity contribution is 4.49. The van der Waals surface area contributed by atoms with Crippen molar-refractivity contribution in [2.24, 2.45) is 0 Å². The highest BCUT2D eigenvalue weighted by Gasteiger charge is 1.95. The van der Waals surface area contributed by atoms with Crippen molar-refractivity contribution in [1.29, 1.82) is 0 Å². The monoisotopic (exact) mass is 174 g/mol. The summed E-state index contributed by atoms with van der Waals surface area (Å²) in [5.41, 5.74) is 0. The Morgan fingerprint density at radius 2 is 1.42 bits per heavy atom. The summed E-state index contributed by atoms with van der Waals surface area (Å²) in [6.07, 6.45) is 7.70. The van der Waals surface area contributed by atoms with Crippen molar-refractivity contribution in [1.82, 2.24) is 0 Å². The molecule has 0 rings (SSSR count). The van der Waals surface area contributed by atoms with E-state index < -0.39 is 0 Å². The topological polar surface area (TPSA) is 40.5 Å². The Labute approximate surface area is 75.6 Å². The van der Waals surface area contributed by atoms with Crippen LogP contribution < -0.4 is 0 Å². The summed E-state index contributed by atoms with van der Waals surface area (Å²) in [7, 11) is 0. The van der Waals surface area contributed by atoms with Crippen LogP contribution in [0.4, 0.5) is 0 Å². The van der Waals surface area contributed by atoms with E-state index in [-0.39, 0.29) is 6.10 Å². The molecule has 2 N–H and O–H groups in total. The van der Waals surface area contributed by atoms with E-state index >= 15 is 0 Å². The standard InChI is InChI=1S/C10H22O2/c1-10(12)8-6-4-2-3-5-7-9-11/h10-12H,2-9H2,1H3/t10-/m0/s1. The minimum Gasteiger partial charge on any atom is -0.396 e. The molecule has 0 amide bonds. The lowest BCUT2D eigenvalue weighted by atomic mass is 10.1. The lowest BCUT2D eigenvalue weighted by Gasteiger charge is -2.03. The van der Waals surface area contributed by atoms with Gasteiger partial charge in [-0.15, -0.1) is 0 Å². The number of hydrogen-bond acceptors (Lipinski definition) is 2. The third kappa shape index (κ3) is 9.92. The predicted octanol–water partition coefficient (Wildman–Crippen LogP) is 2.09. The molecule has 0 aromatic rings. The average molecular weight is 174 g/mol. The molecule has 0 aromatic carbocycles. The van der Waals surface area contributed by atoms with Crippen LogP contribution in [0.5, 0.6) is 0 Å². The summed E-state index contributed by atoms with van der Waals surface area (Å²) >= 11 is 0. The van der Waals surface area contributed by atoms with Gasteiger partial charge in [-0.05, 0) is 19.8 Å². The van der Waals surface area contributed by atoms with Gasteiger partial charge in [-0.2, -0.15) is 0 Å². The predicted molar refractivity (Wildman–Crippen MR) is 51.1 cm³/mol. The van der Waals surface area contributed by atoms with Gasteiger partial charge in [0.1, 0.15) is 0 Å². The molecule has 0 fully saturated rings. The van der Waals surface area contributed by atoms with Crippen molar-refractivity contribution in [3.05, 3.63) is 0 Å². The molecule has 0 saturated heterocycles. The van der Waals surface area contributed by atoms with Crippen LogP contribution in [0.15, 0.2) is 0 Å². The minimum atomic E-state index is -0.137. The van der Waals surface area contributed by atoms with E-state index in [9.17, 15) is 0 Å². The summed E-state index contributed by atoms with van der Waals surface area (Å²) in [5, 5.41) is 17.5. The van der Waals surface area contributed by atoms with Gasteiger partial charge in [0.05, 0.1) is 6.10 Å². The second-order valence-corrected chi connectivity index (χ2v) is 3.48. The number of hydrogen-bond donors (Lipinski definition) is 2. The van der Waals surface area contributed by atoms with E-state index in [1.807, 2.05) is 6.92 Å². The van der Waals surface area contributed by atoms with Crippen LogP contribution >= 0.6 is 0 Å². The van der Waals surface area contributed by atoms with Crippen molar-refractivity contribution in [3.8, 4) is 0 Å². The summed E-state index contributed by atoms with van der Waals surface area (Å²) in [6.45, 7) is 2.17. The molecular formula is C10H22O2. The first-order valence-corrected chi connectivity index (χ1v) is 5.06. The van der Waals surface area contributed by atoms with E-state index in [2.05, 4.69) is 0 Å². The maximum Gasteiger partial charge on any atom is 0.0512 e. The molecule has 0 radical (unpaired) electrons. The molecule has 0 saturated carbocycles. The van der Waals surface area contributed by atoms with Gasteiger partial charge < -0.3 is 10.2 Å². The van der Waals surface area contributed by atoms with Crippen molar-refractivity contribution in [2.75, 3.05) is 6.61 Å². The second kappa shape index (κ2) is 9.01. The lowest BCUT2D eigenvalue weighted by molar-refractivity contribution is 0.180. The maximum atomic E-state index is 8.96. The van der Waals surface area contributed by atoms with Crippen LogP contribution in [-0.4, -0.2) is 22.9 Å². The molecule has 0 bridgehead atoms. The van der Waals surface area contributed by atoms with E-state index in [0.29, 0.717) is 6.61 Å². The number of aliphatic hydroxyl groups excluding tert-OH is 2. The normalized spacial score (nSPS) is 13.2. The fourth-order valence-electron chi connectivity index (χ4n) is 1.26. The van der Waals surface area contributed by atoms with Crippen LogP contribution in [0, 0.1) is 0 Å². The van der Waals surface area contributed by atoms with Crippen LogP contribution in [0.2, 0.25) is 0 Å².